The number of carbonyl (C=O) groups is 1. The third-order valence-electron chi connectivity index (χ3n) is 2.05. The van der Waals surface area contributed by atoms with Crippen molar-refractivity contribution in [1.29, 1.82) is 0 Å². The first-order chi connectivity index (χ1) is 6.99. The van der Waals surface area contributed by atoms with Crippen LogP contribution in [0.4, 0.5) is 0 Å². The number of hydrogen-bond acceptors (Lipinski definition) is 4. The maximum atomic E-state index is 11.6. The molecule has 1 saturated heterocycles. The number of hydrogen-bond donors (Lipinski definition) is 0. The van der Waals surface area contributed by atoms with Crippen LogP contribution in [0.2, 0.25) is 0 Å². The summed E-state index contributed by atoms with van der Waals surface area (Å²) in [6.45, 7) is 7.14. The molecular weight excluding hydrogens is 228 g/mol. The van der Waals surface area contributed by atoms with E-state index in [1.807, 2.05) is 23.5 Å². The van der Waals surface area contributed by atoms with Gasteiger partial charge in [0, 0.05) is 16.3 Å². The Balaban J connectivity index is 2.39. The Kier molecular flexibility index (Phi) is 5.33. The topological polar surface area (TPSA) is 26.3 Å². The van der Waals surface area contributed by atoms with Crippen molar-refractivity contribution in [2.75, 3.05) is 23.9 Å². The van der Waals surface area contributed by atoms with E-state index in [9.17, 15) is 4.79 Å². The molecule has 1 aliphatic heterocycles. The van der Waals surface area contributed by atoms with Crippen molar-refractivity contribution < 1.29 is 9.53 Å². The third-order valence-corrected chi connectivity index (χ3v) is 4.70. The van der Waals surface area contributed by atoms with Gasteiger partial charge in [-0.3, -0.25) is 4.79 Å². The number of thioether (sulfide) groups is 2. The highest BCUT2D eigenvalue weighted by Crippen LogP contribution is 2.28. The zero-order chi connectivity index (χ0) is 11.3. The van der Waals surface area contributed by atoms with Crippen molar-refractivity contribution in [1.82, 2.24) is 0 Å². The molecule has 0 spiro atoms. The lowest BCUT2D eigenvalue weighted by molar-refractivity contribution is -0.147. The fourth-order valence-electron chi connectivity index (χ4n) is 1.21. The van der Waals surface area contributed by atoms with E-state index >= 15 is 0 Å². The number of carbonyl (C=O) groups excluding carboxylic acids is 1. The summed E-state index contributed by atoms with van der Waals surface area (Å²) >= 11 is 3.72. The van der Waals surface area contributed by atoms with E-state index < -0.39 is 0 Å². The summed E-state index contributed by atoms with van der Waals surface area (Å²) in [5.74, 6) is 3.00. The Morgan fingerprint density at radius 1 is 1.53 bits per heavy atom. The molecule has 0 aliphatic carbocycles. The Labute approximate surface area is 101 Å². The molecule has 1 aliphatic rings. The maximum Gasteiger partial charge on any atom is 0.310 e. The SMILES string of the molecule is CC(C)(C)SCC1CSCCCOC1=O. The van der Waals surface area contributed by atoms with Gasteiger partial charge in [-0.05, 0) is 12.2 Å². The highest BCUT2D eigenvalue weighted by Gasteiger charge is 2.24. The second-order valence-corrected chi connectivity index (χ2v) is 7.71. The molecule has 1 atom stereocenters. The summed E-state index contributed by atoms with van der Waals surface area (Å²) in [6.07, 6.45) is 0.996. The Morgan fingerprint density at radius 2 is 2.27 bits per heavy atom. The lowest BCUT2D eigenvalue weighted by atomic mass is 10.2. The first kappa shape index (κ1) is 13.2. The predicted octanol–water partition coefficient (Wildman–Crippen LogP) is 2.81. The van der Waals surface area contributed by atoms with Gasteiger partial charge in [-0.25, -0.2) is 0 Å². The Hall–Kier alpha value is 0.170. The minimum atomic E-state index is -0.000972. The van der Waals surface area contributed by atoms with Gasteiger partial charge < -0.3 is 4.74 Å². The average Bonchev–Trinajstić information content (AvgIpc) is 2.09. The normalized spacial score (nSPS) is 24.2. The van der Waals surface area contributed by atoms with Crippen LogP contribution < -0.4 is 0 Å². The van der Waals surface area contributed by atoms with Gasteiger partial charge in [-0.2, -0.15) is 23.5 Å². The van der Waals surface area contributed by atoms with E-state index in [0.29, 0.717) is 6.61 Å². The van der Waals surface area contributed by atoms with Crippen LogP contribution in [0.5, 0.6) is 0 Å². The molecule has 1 heterocycles. The smallest absolute Gasteiger partial charge is 0.310 e. The molecule has 0 aromatic carbocycles. The third kappa shape index (κ3) is 5.71. The van der Waals surface area contributed by atoms with Crippen LogP contribution in [0, 0.1) is 5.92 Å². The molecule has 15 heavy (non-hydrogen) atoms. The molecule has 2 nitrogen and oxygen atoms in total. The summed E-state index contributed by atoms with van der Waals surface area (Å²) in [4.78, 5) is 11.6. The van der Waals surface area contributed by atoms with Crippen LogP contribution in [0.3, 0.4) is 0 Å². The number of cyclic esters (lactones) is 1. The molecular formula is C11H20O2S2. The molecule has 0 amide bonds. The van der Waals surface area contributed by atoms with Crippen molar-refractivity contribution in [3.63, 3.8) is 0 Å². The zero-order valence-electron chi connectivity index (χ0n) is 9.75. The van der Waals surface area contributed by atoms with Gasteiger partial charge in [0.2, 0.25) is 0 Å². The predicted molar refractivity (Wildman–Crippen MR) is 68.6 cm³/mol. The lowest BCUT2D eigenvalue weighted by Gasteiger charge is -2.23. The lowest BCUT2D eigenvalue weighted by Crippen LogP contribution is -2.26. The summed E-state index contributed by atoms with van der Waals surface area (Å²) < 4.78 is 5.42. The largest absolute Gasteiger partial charge is 0.465 e. The van der Waals surface area contributed by atoms with Gasteiger partial charge >= 0.3 is 5.97 Å². The monoisotopic (exact) mass is 248 g/mol. The minimum Gasteiger partial charge on any atom is -0.465 e. The van der Waals surface area contributed by atoms with Gasteiger partial charge in [0.15, 0.2) is 0 Å². The molecule has 0 aromatic rings. The fourth-order valence-corrected chi connectivity index (χ4v) is 3.34. The molecule has 0 aromatic heterocycles. The second kappa shape index (κ2) is 6.04. The van der Waals surface area contributed by atoms with Crippen molar-refractivity contribution in [2.24, 2.45) is 5.92 Å². The molecule has 0 bridgehead atoms. The van der Waals surface area contributed by atoms with Gasteiger partial charge in [-0.15, -0.1) is 0 Å². The van der Waals surface area contributed by atoms with Crippen molar-refractivity contribution in [3.05, 3.63) is 0 Å². The highest BCUT2D eigenvalue weighted by atomic mass is 32.2. The molecule has 88 valence electrons. The van der Waals surface area contributed by atoms with Crippen molar-refractivity contribution >= 4 is 29.5 Å². The van der Waals surface area contributed by atoms with Crippen LogP contribution >= 0.6 is 23.5 Å². The minimum absolute atomic E-state index is 0.000972. The highest BCUT2D eigenvalue weighted by molar-refractivity contribution is 8.01. The average molecular weight is 248 g/mol. The van der Waals surface area contributed by atoms with E-state index in [-0.39, 0.29) is 16.6 Å². The molecule has 1 unspecified atom stereocenters. The van der Waals surface area contributed by atoms with Crippen molar-refractivity contribution in [3.8, 4) is 0 Å². The summed E-state index contributed by atoms with van der Waals surface area (Å²) in [6, 6.07) is 0. The number of esters is 1. The van der Waals surface area contributed by atoms with Crippen LogP contribution in [-0.2, 0) is 9.53 Å². The molecule has 1 rings (SSSR count). The van der Waals surface area contributed by atoms with Gasteiger partial charge in [-0.1, -0.05) is 20.8 Å². The van der Waals surface area contributed by atoms with Gasteiger partial charge in [0.1, 0.15) is 0 Å². The standard InChI is InChI=1S/C11H20O2S2/c1-11(2,3)15-8-9-7-14-6-4-5-13-10(9)12/h9H,4-8H2,1-3H3. The summed E-state index contributed by atoms with van der Waals surface area (Å²) in [5.41, 5.74) is 0. The Morgan fingerprint density at radius 3 is 2.93 bits per heavy atom. The zero-order valence-corrected chi connectivity index (χ0v) is 11.4. The van der Waals surface area contributed by atoms with Gasteiger partial charge in [0.25, 0.3) is 0 Å². The molecule has 0 radical (unpaired) electrons. The second-order valence-electron chi connectivity index (χ2n) is 4.72. The van der Waals surface area contributed by atoms with Crippen molar-refractivity contribution in [2.45, 2.75) is 31.9 Å². The van der Waals surface area contributed by atoms with E-state index in [1.165, 1.54) is 0 Å². The fraction of sp³-hybridized carbons (Fsp3) is 0.909. The van der Waals surface area contributed by atoms with Crippen LogP contribution in [0.15, 0.2) is 0 Å². The van der Waals surface area contributed by atoms with E-state index in [2.05, 4.69) is 20.8 Å². The van der Waals surface area contributed by atoms with Crippen LogP contribution in [0.25, 0.3) is 0 Å². The maximum absolute atomic E-state index is 11.6. The number of rotatable bonds is 2. The van der Waals surface area contributed by atoms with Gasteiger partial charge in [0.05, 0.1) is 12.5 Å². The Bertz CT molecular complexity index is 211. The molecule has 0 saturated carbocycles. The van der Waals surface area contributed by atoms with Crippen LogP contribution in [0.1, 0.15) is 27.2 Å². The van der Waals surface area contributed by atoms with E-state index in [1.54, 1.807) is 0 Å². The quantitative estimate of drug-likeness (QED) is 0.702. The molecule has 1 fully saturated rings. The van der Waals surface area contributed by atoms with E-state index in [4.69, 9.17) is 4.74 Å². The van der Waals surface area contributed by atoms with E-state index in [0.717, 1.165) is 23.7 Å². The first-order valence-corrected chi connectivity index (χ1v) is 7.51. The molecule has 4 heteroatoms. The van der Waals surface area contributed by atoms with Crippen LogP contribution in [-0.4, -0.2) is 34.6 Å². The first-order valence-electron chi connectivity index (χ1n) is 5.37. The summed E-state index contributed by atoms with van der Waals surface area (Å²) in [5, 5.41) is 0. The number of ether oxygens (including phenoxy) is 1. The summed E-state index contributed by atoms with van der Waals surface area (Å²) in [7, 11) is 0. The molecule has 0 N–H and O–H groups in total.